The summed E-state index contributed by atoms with van der Waals surface area (Å²) in [7, 11) is 0. The molecule has 1 amide bonds. The van der Waals surface area contributed by atoms with Gasteiger partial charge in [0.25, 0.3) is 0 Å². The van der Waals surface area contributed by atoms with Crippen molar-refractivity contribution in [3.05, 3.63) is 57.1 Å². The molecule has 0 heterocycles. The van der Waals surface area contributed by atoms with Crippen molar-refractivity contribution in [2.45, 2.75) is 20.8 Å². The fourth-order valence-corrected chi connectivity index (χ4v) is 2.98. The van der Waals surface area contributed by atoms with Crippen LogP contribution in [0.2, 0.25) is 10.0 Å². The lowest BCUT2D eigenvalue weighted by Gasteiger charge is -2.14. The molecule has 2 rings (SSSR count). The molecule has 2 aromatic rings. The molecule has 0 radical (unpaired) electrons. The molecule has 2 aromatic carbocycles. The highest BCUT2D eigenvalue weighted by Gasteiger charge is 2.07. The number of amides is 1. The number of carbonyl (C=O) groups is 1. The van der Waals surface area contributed by atoms with Crippen molar-refractivity contribution >= 4 is 40.5 Å². The molecule has 0 fully saturated rings. The van der Waals surface area contributed by atoms with Gasteiger partial charge >= 0.3 is 0 Å². The second-order valence-electron chi connectivity index (χ2n) is 5.33. The molecular weight excluding hydrogens is 319 g/mol. The van der Waals surface area contributed by atoms with E-state index < -0.39 is 0 Å². The van der Waals surface area contributed by atoms with Crippen molar-refractivity contribution in [3.8, 4) is 0 Å². The van der Waals surface area contributed by atoms with Gasteiger partial charge in [-0.15, -0.1) is 0 Å². The lowest BCUT2D eigenvalue weighted by atomic mass is 10.1. The van der Waals surface area contributed by atoms with Gasteiger partial charge in [0, 0.05) is 21.4 Å². The Hall–Kier alpha value is -1.71. The van der Waals surface area contributed by atoms with E-state index in [4.69, 9.17) is 23.2 Å². The molecule has 0 unspecified atom stereocenters. The standard InChI is InChI=1S/C17H18Cl2N2O/c1-10-4-11(2)17(12(3)5-10)20-9-16(22)21-15-7-13(18)6-14(19)8-15/h4-8,20H,9H2,1-3H3,(H,21,22). The second kappa shape index (κ2) is 7.03. The zero-order valence-corrected chi connectivity index (χ0v) is 14.3. The molecule has 0 saturated heterocycles. The van der Waals surface area contributed by atoms with Crippen LogP contribution in [0.4, 0.5) is 11.4 Å². The Kier molecular flexibility index (Phi) is 5.33. The van der Waals surface area contributed by atoms with Gasteiger partial charge in [0.1, 0.15) is 0 Å². The Morgan fingerprint density at radius 2 is 1.50 bits per heavy atom. The van der Waals surface area contributed by atoms with Crippen LogP contribution in [0.5, 0.6) is 0 Å². The average Bonchev–Trinajstić information content (AvgIpc) is 2.35. The van der Waals surface area contributed by atoms with Gasteiger partial charge in [0.15, 0.2) is 0 Å². The van der Waals surface area contributed by atoms with Crippen LogP contribution in [0.3, 0.4) is 0 Å². The number of hydrogen-bond acceptors (Lipinski definition) is 2. The molecule has 0 bridgehead atoms. The van der Waals surface area contributed by atoms with Crippen molar-refractivity contribution in [3.63, 3.8) is 0 Å². The molecular formula is C17H18Cl2N2O. The van der Waals surface area contributed by atoms with Gasteiger partial charge in [0.2, 0.25) is 5.91 Å². The summed E-state index contributed by atoms with van der Waals surface area (Å²) in [6.45, 7) is 6.28. The maximum atomic E-state index is 12.0. The van der Waals surface area contributed by atoms with Crippen molar-refractivity contribution in [1.82, 2.24) is 0 Å². The Labute approximate surface area is 140 Å². The van der Waals surface area contributed by atoms with Gasteiger partial charge in [-0.05, 0) is 50.1 Å². The van der Waals surface area contributed by atoms with Crippen LogP contribution >= 0.6 is 23.2 Å². The summed E-state index contributed by atoms with van der Waals surface area (Å²) in [6.07, 6.45) is 0. The van der Waals surface area contributed by atoms with Crippen molar-refractivity contribution in [1.29, 1.82) is 0 Å². The van der Waals surface area contributed by atoms with E-state index in [-0.39, 0.29) is 12.5 Å². The third kappa shape index (κ3) is 4.39. The van der Waals surface area contributed by atoms with E-state index in [0.717, 1.165) is 16.8 Å². The first kappa shape index (κ1) is 16.7. The summed E-state index contributed by atoms with van der Waals surface area (Å²) in [5, 5.41) is 6.93. The Morgan fingerprint density at radius 1 is 0.955 bits per heavy atom. The van der Waals surface area contributed by atoms with Crippen molar-refractivity contribution < 1.29 is 4.79 Å². The van der Waals surface area contributed by atoms with E-state index in [1.165, 1.54) is 5.56 Å². The van der Waals surface area contributed by atoms with E-state index >= 15 is 0 Å². The largest absolute Gasteiger partial charge is 0.376 e. The van der Waals surface area contributed by atoms with Crippen molar-refractivity contribution in [2.24, 2.45) is 0 Å². The van der Waals surface area contributed by atoms with E-state index in [9.17, 15) is 4.79 Å². The fraction of sp³-hybridized carbons (Fsp3) is 0.235. The summed E-state index contributed by atoms with van der Waals surface area (Å²) < 4.78 is 0. The van der Waals surface area contributed by atoms with E-state index in [0.29, 0.717) is 15.7 Å². The Bertz CT molecular complexity index is 671. The first-order chi connectivity index (χ1) is 10.3. The van der Waals surface area contributed by atoms with Crippen molar-refractivity contribution in [2.75, 3.05) is 17.2 Å². The third-order valence-electron chi connectivity index (χ3n) is 3.25. The fourth-order valence-electron chi connectivity index (χ4n) is 2.46. The van der Waals surface area contributed by atoms with E-state index in [1.807, 2.05) is 13.8 Å². The first-order valence-electron chi connectivity index (χ1n) is 6.93. The second-order valence-corrected chi connectivity index (χ2v) is 6.21. The van der Waals surface area contributed by atoms with Crippen LogP contribution in [0, 0.1) is 20.8 Å². The molecule has 0 aliphatic carbocycles. The Morgan fingerprint density at radius 3 is 2.05 bits per heavy atom. The van der Waals surface area contributed by atoms with Crippen LogP contribution in [-0.2, 0) is 4.79 Å². The predicted molar refractivity (Wildman–Crippen MR) is 94.2 cm³/mol. The number of rotatable bonds is 4. The minimum atomic E-state index is -0.155. The SMILES string of the molecule is Cc1cc(C)c(NCC(=O)Nc2cc(Cl)cc(Cl)c2)c(C)c1. The normalized spacial score (nSPS) is 10.4. The van der Waals surface area contributed by atoms with Gasteiger partial charge in [-0.3, -0.25) is 4.79 Å². The molecule has 5 heteroatoms. The lowest BCUT2D eigenvalue weighted by molar-refractivity contribution is -0.114. The number of benzene rings is 2. The molecule has 22 heavy (non-hydrogen) atoms. The highest BCUT2D eigenvalue weighted by Crippen LogP contribution is 2.23. The van der Waals surface area contributed by atoms with Crippen LogP contribution in [0.1, 0.15) is 16.7 Å². The van der Waals surface area contributed by atoms with Crippen LogP contribution in [-0.4, -0.2) is 12.5 Å². The molecule has 0 aromatic heterocycles. The minimum absolute atomic E-state index is 0.155. The monoisotopic (exact) mass is 336 g/mol. The molecule has 0 atom stereocenters. The number of carbonyl (C=O) groups excluding carboxylic acids is 1. The molecule has 3 nitrogen and oxygen atoms in total. The number of aryl methyl sites for hydroxylation is 3. The molecule has 0 aliphatic heterocycles. The molecule has 0 spiro atoms. The van der Waals surface area contributed by atoms with Gasteiger partial charge in [0.05, 0.1) is 6.54 Å². The Balaban J connectivity index is 2.01. The van der Waals surface area contributed by atoms with E-state index in [2.05, 4.69) is 29.7 Å². The third-order valence-corrected chi connectivity index (χ3v) is 3.69. The van der Waals surface area contributed by atoms with Gasteiger partial charge in [-0.2, -0.15) is 0 Å². The smallest absolute Gasteiger partial charge is 0.243 e. The number of halogens is 2. The summed E-state index contributed by atoms with van der Waals surface area (Å²) in [6, 6.07) is 9.12. The highest BCUT2D eigenvalue weighted by molar-refractivity contribution is 6.35. The van der Waals surface area contributed by atoms with Gasteiger partial charge in [-0.1, -0.05) is 40.9 Å². The minimum Gasteiger partial charge on any atom is -0.376 e. The maximum Gasteiger partial charge on any atom is 0.243 e. The molecule has 116 valence electrons. The summed E-state index contributed by atoms with van der Waals surface area (Å²) in [4.78, 5) is 12.0. The summed E-state index contributed by atoms with van der Waals surface area (Å²) in [5.41, 5.74) is 5.03. The number of hydrogen-bond donors (Lipinski definition) is 2. The summed E-state index contributed by atoms with van der Waals surface area (Å²) in [5.74, 6) is -0.155. The molecule has 2 N–H and O–H groups in total. The zero-order valence-electron chi connectivity index (χ0n) is 12.8. The maximum absolute atomic E-state index is 12.0. The predicted octanol–water partition coefficient (Wildman–Crippen LogP) is 4.97. The first-order valence-corrected chi connectivity index (χ1v) is 7.68. The quantitative estimate of drug-likeness (QED) is 0.827. The average molecular weight is 337 g/mol. The van der Waals surface area contributed by atoms with Crippen LogP contribution in [0.25, 0.3) is 0 Å². The zero-order chi connectivity index (χ0) is 16.3. The number of nitrogens with one attached hydrogen (secondary N) is 2. The highest BCUT2D eigenvalue weighted by atomic mass is 35.5. The van der Waals surface area contributed by atoms with Crippen LogP contribution < -0.4 is 10.6 Å². The van der Waals surface area contributed by atoms with E-state index in [1.54, 1.807) is 18.2 Å². The molecule has 0 aliphatic rings. The van der Waals surface area contributed by atoms with Gasteiger partial charge in [-0.25, -0.2) is 0 Å². The number of anilines is 2. The topological polar surface area (TPSA) is 41.1 Å². The molecule has 0 saturated carbocycles. The van der Waals surface area contributed by atoms with Gasteiger partial charge < -0.3 is 10.6 Å². The summed E-state index contributed by atoms with van der Waals surface area (Å²) >= 11 is 11.8. The van der Waals surface area contributed by atoms with Crippen LogP contribution in [0.15, 0.2) is 30.3 Å². The lowest BCUT2D eigenvalue weighted by Crippen LogP contribution is -2.22.